The number of nitrogens with one attached hydrogen (secondary N) is 1. The summed E-state index contributed by atoms with van der Waals surface area (Å²) in [5.74, 6) is 0. The lowest BCUT2D eigenvalue weighted by molar-refractivity contribution is 1.38. The van der Waals surface area contributed by atoms with Crippen LogP contribution < -0.4 is 5.32 Å². The van der Waals surface area contributed by atoms with Crippen LogP contribution >= 0.6 is 0 Å². The van der Waals surface area contributed by atoms with E-state index in [2.05, 4.69) is 37.0 Å². The Balaban J connectivity index is 3.07. The van der Waals surface area contributed by atoms with Gasteiger partial charge in [0.2, 0.25) is 0 Å². The summed E-state index contributed by atoms with van der Waals surface area (Å²) in [6, 6.07) is 8.23. The SMILES string of the molecule is C=C(C)/C(C)=C\c1ccccc1NC. The highest BCUT2D eigenvalue weighted by molar-refractivity contribution is 5.69. The van der Waals surface area contributed by atoms with Crippen molar-refractivity contribution < 1.29 is 0 Å². The molecule has 0 fully saturated rings. The van der Waals surface area contributed by atoms with Gasteiger partial charge in [0.1, 0.15) is 0 Å². The average molecular weight is 187 g/mol. The summed E-state index contributed by atoms with van der Waals surface area (Å²) in [7, 11) is 1.93. The van der Waals surface area contributed by atoms with Gasteiger partial charge in [0.15, 0.2) is 0 Å². The zero-order valence-electron chi connectivity index (χ0n) is 9.09. The van der Waals surface area contributed by atoms with Crippen LogP contribution in [0.5, 0.6) is 0 Å². The predicted molar refractivity (Wildman–Crippen MR) is 64.5 cm³/mol. The van der Waals surface area contributed by atoms with E-state index in [1.165, 1.54) is 11.1 Å². The first kappa shape index (κ1) is 10.6. The fraction of sp³-hybridized carbons (Fsp3) is 0.231. The van der Waals surface area contributed by atoms with Crippen molar-refractivity contribution in [2.24, 2.45) is 0 Å². The van der Waals surface area contributed by atoms with Gasteiger partial charge < -0.3 is 5.32 Å². The second-order valence-electron chi connectivity index (χ2n) is 3.44. The van der Waals surface area contributed by atoms with Crippen molar-refractivity contribution >= 4 is 11.8 Å². The number of hydrogen-bond donors (Lipinski definition) is 1. The Morgan fingerprint density at radius 3 is 2.50 bits per heavy atom. The molecular formula is C13H17N. The molecule has 0 radical (unpaired) electrons. The van der Waals surface area contributed by atoms with Crippen LogP contribution in [0.3, 0.4) is 0 Å². The molecule has 1 aromatic rings. The van der Waals surface area contributed by atoms with Gasteiger partial charge in [0.05, 0.1) is 0 Å². The van der Waals surface area contributed by atoms with Gasteiger partial charge >= 0.3 is 0 Å². The molecule has 1 nitrogen and oxygen atoms in total. The van der Waals surface area contributed by atoms with Gasteiger partial charge in [-0.2, -0.15) is 0 Å². The van der Waals surface area contributed by atoms with Crippen LogP contribution in [0.2, 0.25) is 0 Å². The molecule has 0 saturated carbocycles. The maximum absolute atomic E-state index is 3.92. The molecule has 0 atom stereocenters. The number of para-hydroxylation sites is 1. The van der Waals surface area contributed by atoms with E-state index >= 15 is 0 Å². The smallest absolute Gasteiger partial charge is 0.0411 e. The third kappa shape index (κ3) is 2.49. The van der Waals surface area contributed by atoms with E-state index in [-0.39, 0.29) is 0 Å². The Bertz CT molecular complexity index is 361. The average Bonchev–Trinajstić information content (AvgIpc) is 2.18. The van der Waals surface area contributed by atoms with Crippen LogP contribution in [0.1, 0.15) is 19.4 Å². The summed E-state index contributed by atoms with van der Waals surface area (Å²) in [5, 5.41) is 3.17. The molecule has 0 spiro atoms. The van der Waals surface area contributed by atoms with Gasteiger partial charge in [-0.1, -0.05) is 30.4 Å². The van der Waals surface area contributed by atoms with Crippen molar-refractivity contribution in [2.75, 3.05) is 12.4 Å². The molecule has 0 aliphatic rings. The molecule has 0 heterocycles. The molecule has 0 aliphatic heterocycles. The summed E-state index contributed by atoms with van der Waals surface area (Å²) in [5.41, 5.74) is 4.67. The molecule has 0 aromatic heterocycles. The number of anilines is 1. The minimum absolute atomic E-state index is 1.11. The van der Waals surface area contributed by atoms with E-state index in [0.717, 1.165) is 11.3 Å². The Kier molecular flexibility index (Phi) is 3.52. The summed E-state index contributed by atoms with van der Waals surface area (Å²) < 4.78 is 0. The molecule has 0 saturated heterocycles. The second-order valence-corrected chi connectivity index (χ2v) is 3.44. The van der Waals surface area contributed by atoms with Gasteiger partial charge in [0.25, 0.3) is 0 Å². The monoisotopic (exact) mass is 187 g/mol. The minimum Gasteiger partial charge on any atom is -0.388 e. The Morgan fingerprint density at radius 1 is 1.29 bits per heavy atom. The first-order chi connectivity index (χ1) is 6.65. The van der Waals surface area contributed by atoms with Gasteiger partial charge in [-0.3, -0.25) is 0 Å². The van der Waals surface area contributed by atoms with Crippen molar-refractivity contribution in [3.8, 4) is 0 Å². The van der Waals surface area contributed by atoms with Crippen LogP contribution in [0.25, 0.3) is 6.08 Å². The van der Waals surface area contributed by atoms with Gasteiger partial charge in [-0.15, -0.1) is 0 Å². The largest absolute Gasteiger partial charge is 0.388 e. The highest BCUT2D eigenvalue weighted by atomic mass is 14.8. The van der Waals surface area contributed by atoms with E-state index < -0.39 is 0 Å². The van der Waals surface area contributed by atoms with Crippen LogP contribution in [0, 0.1) is 0 Å². The van der Waals surface area contributed by atoms with Gasteiger partial charge in [-0.05, 0) is 37.1 Å². The summed E-state index contributed by atoms with van der Waals surface area (Å²) in [6.07, 6.45) is 2.15. The van der Waals surface area contributed by atoms with E-state index in [1.807, 2.05) is 26.1 Å². The molecule has 0 bridgehead atoms. The fourth-order valence-electron chi connectivity index (χ4n) is 1.21. The molecular weight excluding hydrogens is 170 g/mol. The van der Waals surface area contributed by atoms with Crippen LogP contribution in [-0.4, -0.2) is 7.05 Å². The standard InChI is InChI=1S/C13H17N/c1-10(2)11(3)9-12-7-5-6-8-13(12)14-4/h5-9,14H,1H2,2-4H3/b11-9-. The molecule has 1 aromatic carbocycles. The third-order valence-corrected chi connectivity index (χ3v) is 2.28. The molecule has 0 amide bonds. The summed E-state index contributed by atoms with van der Waals surface area (Å²) in [4.78, 5) is 0. The number of hydrogen-bond acceptors (Lipinski definition) is 1. The molecule has 1 rings (SSSR count). The van der Waals surface area contributed by atoms with Crippen molar-refractivity contribution in [3.05, 3.63) is 47.6 Å². The van der Waals surface area contributed by atoms with Crippen molar-refractivity contribution in [1.82, 2.24) is 0 Å². The molecule has 74 valence electrons. The highest BCUT2D eigenvalue weighted by Crippen LogP contribution is 2.19. The molecule has 0 aliphatic carbocycles. The van der Waals surface area contributed by atoms with Crippen molar-refractivity contribution in [1.29, 1.82) is 0 Å². The maximum Gasteiger partial charge on any atom is 0.0411 e. The normalized spacial score (nSPS) is 11.2. The van der Waals surface area contributed by atoms with Crippen LogP contribution in [0.15, 0.2) is 42.0 Å². The second kappa shape index (κ2) is 4.66. The van der Waals surface area contributed by atoms with E-state index in [1.54, 1.807) is 0 Å². The van der Waals surface area contributed by atoms with Crippen molar-refractivity contribution in [3.63, 3.8) is 0 Å². The predicted octanol–water partition coefficient (Wildman–Crippen LogP) is 3.71. The Morgan fingerprint density at radius 2 is 1.93 bits per heavy atom. The minimum atomic E-state index is 1.11. The maximum atomic E-state index is 3.92. The molecule has 0 unspecified atom stereocenters. The topological polar surface area (TPSA) is 12.0 Å². The first-order valence-electron chi connectivity index (χ1n) is 4.76. The number of rotatable bonds is 3. The first-order valence-corrected chi connectivity index (χ1v) is 4.76. The summed E-state index contributed by atoms with van der Waals surface area (Å²) in [6.45, 7) is 8.02. The highest BCUT2D eigenvalue weighted by Gasteiger charge is 1.96. The van der Waals surface area contributed by atoms with Crippen LogP contribution in [-0.2, 0) is 0 Å². The lowest BCUT2D eigenvalue weighted by atomic mass is 10.1. The van der Waals surface area contributed by atoms with Crippen LogP contribution in [0.4, 0.5) is 5.69 Å². The number of allylic oxidation sites excluding steroid dienone is 2. The Hall–Kier alpha value is -1.50. The zero-order valence-corrected chi connectivity index (χ0v) is 9.09. The quantitative estimate of drug-likeness (QED) is 0.711. The Labute approximate surface area is 86.2 Å². The number of benzene rings is 1. The lowest BCUT2D eigenvalue weighted by Gasteiger charge is -2.06. The molecule has 1 N–H and O–H groups in total. The summed E-state index contributed by atoms with van der Waals surface area (Å²) >= 11 is 0. The van der Waals surface area contributed by atoms with E-state index in [9.17, 15) is 0 Å². The zero-order chi connectivity index (χ0) is 10.6. The van der Waals surface area contributed by atoms with Crippen molar-refractivity contribution in [2.45, 2.75) is 13.8 Å². The molecule has 1 heteroatoms. The van der Waals surface area contributed by atoms with Gasteiger partial charge in [-0.25, -0.2) is 0 Å². The fourth-order valence-corrected chi connectivity index (χ4v) is 1.21. The third-order valence-electron chi connectivity index (χ3n) is 2.28. The molecule has 14 heavy (non-hydrogen) atoms. The van der Waals surface area contributed by atoms with Gasteiger partial charge in [0, 0.05) is 12.7 Å². The van der Waals surface area contributed by atoms with E-state index in [4.69, 9.17) is 0 Å². The lowest BCUT2D eigenvalue weighted by Crippen LogP contribution is -1.91. The van der Waals surface area contributed by atoms with E-state index in [0.29, 0.717) is 0 Å².